The van der Waals surface area contributed by atoms with Crippen LogP contribution in [0.2, 0.25) is 0 Å². The van der Waals surface area contributed by atoms with E-state index in [0.29, 0.717) is 6.54 Å². The van der Waals surface area contributed by atoms with Gasteiger partial charge >= 0.3 is 6.18 Å². The lowest BCUT2D eigenvalue weighted by Gasteiger charge is -2.24. The Balaban J connectivity index is 1.79. The Hall–Kier alpha value is -2.93. The summed E-state index contributed by atoms with van der Waals surface area (Å²) >= 11 is 0. The highest BCUT2D eigenvalue weighted by molar-refractivity contribution is 5.44. The first-order valence-electron chi connectivity index (χ1n) is 8.13. The van der Waals surface area contributed by atoms with Crippen LogP contribution in [0.5, 0.6) is 0 Å². The maximum atomic E-state index is 13.4. The molecule has 0 aliphatic rings. The van der Waals surface area contributed by atoms with Crippen molar-refractivity contribution in [2.24, 2.45) is 0 Å². The van der Waals surface area contributed by atoms with Crippen molar-refractivity contribution in [3.63, 3.8) is 0 Å². The molecule has 0 radical (unpaired) electrons. The summed E-state index contributed by atoms with van der Waals surface area (Å²) < 4.78 is 52.1. The lowest BCUT2D eigenvalue weighted by atomic mass is 10.1. The fraction of sp³-hybridized carbons (Fsp3) is 0.150. The maximum Gasteiger partial charge on any atom is 0.419 e. The number of hydrogen-bond acceptors (Lipinski definition) is 3. The second kappa shape index (κ2) is 8.18. The molecule has 0 amide bonds. The number of para-hydroxylation sites is 1. The highest BCUT2D eigenvalue weighted by Gasteiger charge is 2.34. The van der Waals surface area contributed by atoms with Gasteiger partial charge in [-0.15, -0.1) is 0 Å². The minimum atomic E-state index is -4.75. The van der Waals surface area contributed by atoms with E-state index in [1.165, 1.54) is 6.07 Å². The Kier molecular flexibility index (Phi) is 5.71. The first kappa shape index (κ1) is 18.8. The normalized spacial score (nSPS) is 11.4. The van der Waals surface area contributed by atoms with Gasteiger partial charge in [-0.1, -0.05) is 24.3 Å². The molecule has 0 fully saturated rings. The van der Waals surface area contributed by atoms with E-state index < -0.39 is 17.6 Å². The number of hydroxylamine groups is 1. The van der Waals surface area contributed by atoms with E-state index in [9.17, 15) is 17.6 Å². The zero-order valence-electron chi connectivity index (χ0n) is 14.2. The third-order valence-corrected chi connectivity index (χ3v) is 3.84. The van der Waals surface area contributed by atoms with Gasteiger partial charge in [-0.05, 0) is 47.5 Å². The Labute approximate surface area is 153 Å². The molecule has 0 unspecified atom stereocenters. The van der Waals surface area contributed by atoms with Crippen LogP contribution in [-0.4, -0.2) is 4.98 Å². The average Bonchev–Trinajstić information content (AvgIpc) is 2.67. The molecule has 7 heteroatoms. The predicted molar refractivity (Wildman–Crippen MR) is 93.1 cm³/mol. The SMILES string of the molecule is Fc1ccc(CON(Cc2ccncc2)c2ccccc2)cc1C(F)(F)F. The Morgan fingerprint density at radius 2 is 1.59 bits per heavy atom. The summed E-state index contributed by atoms with van der Waals surface area (Å²) in [6.07, 6.45) is -1.46. The van der Waals surface area contributed by atoms with Crippen molar-refractivity contribution in [3.05, 3.63) is 95.6 Å². The molecule has 1 aromatic heterocycles. The summed E-state index contributed by atoms with van der Waals surface area (Å²) in [5.74, 6) is -1.30. The quantitative estimate of drug-likeness (QED) is 0.427. The minimum absolute atomic E-state index is 0.136. The van der Waals surface area contributed by atoms with Gasteiger partial charge in [0.05, 0.1) is 24.4 Å². The summed E-state index contributed by atoms with van der Waals surface area (Å²) in [7, 11) is 0. The van der Waals surface area contributed by atoms with Crippen LogP contribution in [0, 0.1) is 5.82 Å². The van der Waals surface area contributed by atoms with Gasteiger partial charge in [0.15, 0.2) is 0 Å². The van der Waals surface area contributed by atoms with Crippen molar-refractivity contribution in [1.29, 1.82) is 0 Å². The van der Waals surface area contributed by atoms with Crippen molar-refractivity contribution in [2.45, 2.75) is 19.3 Å². The molecular formula is C20H16F4N2O. The Morgan fingerprint density at radius 3 is 2.26 bits per heavy atom. The van der Waals surface area contributed by atoms with Crippen LogP contribution in [0.15, 0.2) is 73.1 Å². The van der Waals surface area contributed by atoms with Gasteiger partial charge < -0.3 is 0 Å². The number of alkyl halides is 3. The van der Waals surface area contributed by atoms with Crippen LogP contribution < -0.4 is 5.06 Å². The highest BCUT2D eigenvalue weighted by atomic mass is 19.4. The lowest BCUT2D eigenvalue weighted by Crippen LogP contribution is -2.23. The second-order valence-electron chi connectivity index (χ2n) is 5.81. The summed E-state index contributed by atoms with van der Waals surface area (Å²) in [5.41, 5.74) is 0.583. The van der Waals surface area contributed by atoms with Gasteiger partial charge in [-0.25, -0.2) is 9.45 Å². The molecule has 0 atom stereocenters. The number of hydrogen-bond donors (Lipinski definition) is 0. The molecule has 1 heterocycles. The summed E-state index contributed by atoms with van der Waals surface area (Å²) in [5, 5.41) is 1.58. The summed E-state index contributed by atoms with van der Waals surface area (Å²) in [6.45, 7) is 0.239. The fourth-order valence-electron chi connectivity index (χ4n) is 2.49. The smallest absolute Gasteiger partial charge is 0.268 e. The van der Waals surface area contributed by atoms with Gasteiger partial charge in [0.25, 0.3) is 0 Å². The number of pyridine rings is 1. The van der Waals surface area contributed by atoms with Crippen LogP contribution in [-0.2, 0) is 24.2 Å². The van der Waals surface area contributed by atoms with E-state index in [1.807, 2.05) is 42.5 Å². The first-order valence-corrected chi connectivity index (χ1v) is 8.13. The summed E-state index contributed by atoms with van der Waals surface area (Å²) in [4.78, 5) is 9.71. The van der Waals surface area contributed by atoms with Crippen molar-refractivity contribution in [2.75, 3.05) is 5.06 Å². The molecule has 3 nitrogen and oxygen atoms in total. The maximum absolute atomic E-state index is 13.4. The third kappa shape index (κ3) is 5.04. The molecular weight excluding hydrogens is 360 g/mol. The second-order valence-corrected chi connectivity index (χ2v) is 5.81. The molecule has 3 aromatic rings. The molecule has 0 bridgehead atoms. The van der Waals surface area contributed by atoms with Crippen molar-refractivity contribution < 1.29 is 22.4 Å². The van der Waals surface area contributed by atoms with Crippen molar-refractivity contribution >= 4 is 5.69 Å². The van der Waals surface area contributed by atoms with Crippen LogP contribution in [0.3, 0.4) is 0 Å². The first-order chi connectivity index (χ1) is 12.9. The van der Waals surface area contributed by atoms with E-state index >= 15 is 0 Å². The molecule has 140 valence electrons. The van der Waals surface area contributed by atoms with Crippen LogP contribution in [0.1, 0.15) is 16.7 Å². The van der Waals surface area contributed by atoms with E-state index in [0.717, 1.165) is 23.4 Å². The number of rotatable bonds is 6. The van der Waals surface area contributed by atoms with E-state index in [-0.39, 0.29) is 12.2 Å². The van der Waals surface area contributed by atoms with Gasteiger partial charge in [-0.2, -0.15) is 13.2 Å². The molecule has 27 heavy (non-hydrogen) atoms. The zero-order valence-corrected chi connectivity index (χ0v) is 14.2. The number of halogens is 4. The number of anilines is 1. The zero-order chi connectivity index (χ0) is 19.3. The van der Waals surface area contributed by atoms with Gasteiger partial charge in [0.2, 0.25) is 0 Å². The number of nitrogens with zero attached hydrogens (tertiary/aromatic N) is 2. The topological polar surface area (TPSA) is 25.4 Å². The van der Waals surface area contributed by atoms with Gasteiger partial charge in [-0.3, -0.25) is 9.82 Å². The minimum Gasteiger partial charge on any atom is -0.268 e. The molecule has 0 saturated heterocycles. The van der Waals surface area contributed by atoms with E-state index in [1.54, 1.807) is 17.5 Å². The molecule has 0 saturated carbocycles. The summed E-state index contributed by atoms with van der Waals surface area (Å²) in [6, 6.07) is 15.7. The molecule has 0 aliphatic heterocycles. The van der Waals surface area contributed by atoms with Crippen LogP contribution in [0.25, 0.3) is 0 Å². The van der Waals surface area contributed by atoms with E-state index in [4.69, 9.17) is 4.84 Å². The van der Waals surface area contributed by atoms with Crippen LogP contribution in [0.4, 0.5) is 23.2 Å². The Morgan fingerprint density at radius 1 is 0.889 bits per heavy atom. The number of aromatic nitrogens is 1. The van der Waals surface area contributed by atoms with Crippen LogP contribution >= 0.6 is 0 Å². The fourth-order valence-corrected chi connectivity index (χ4v) is 2.49. The van der Waals surface area contributed by atoms with Gasteiger partial charge in [0.1, 0.15) is 5.82 Å². The Bertz CT molecular complexity index is 870. The largest absolute Gasteiger partial charge is 0.419 e. The van der Waals surface area contributed by atoms with E-state index in [2.05, 4.69) is 4.98 Å². The van der Waals surface area contributed by atoms with Gasteiger partial charge in [0, 0.05) is 12.4 Å². The molecule has 2 aromatic carbocycles. The molecule has 3 rings (SSSR count). The average molecular weight is 376 g/mol. The third-order valence-electron chi connectivity index (χ3n) is 3.84. The number of benzene rings is 2. The lowest BCUT2D eigenvalue weighted by molar-refractivity contribution is -0.140. The highest BCUT2D eigenvalue weighted by Crippen LogP contribution is 2.32. The van der Waals surface area contributed by atoms with Crippen molar-refractivity contribution in [3.8, 4) is 0 Å². The molecule has 0 N–H and O–H groups in total. The monoisotopic (exact) mass is 376 g/mol. The molecule has 0 spiro atoms. The molecule has 0 aliphatic carbocycles. The standard InChI is InChI=1S/C20H16F4N2O/c21-19-7-6-16(12-18(19)20(22,23)24)14-27-26(17-4-2-1-3-5-17)13-15-8-10-25-11-9-15/h1-12H,13-14H2. The van der Waals surface area contributed by atoms with Crippen molar-refractivity contribution in [1.82, 2.24) is 4.98 Å². The predicted octanol–water partition coefficient (Wildman–Crippen LogP) is 5.38.